The van der Waals surface area contributed by atoms with Crippen molar-refractivity contribution >= 4 is 18.3 Å². The summed E-state index contributed by atoms with van der Waals surface area (Å²) in [7, 11) is 0. The number of amides is 1. The van der Waals surface area contributed by atoms with Gasteiger partial charge in [0.2, 0.25) is 5.91 Å². The first-order valence-electron chi connectivity index (χ1n) is 6.80. The number of halogens is 1. The number of nitrogens with one attached hydrogen (secondary N) is 1. The molecule has 4 N–H and O–H groups in total. The lowest BCUT2D eigenvalue weighted by Gasteiger charge is -2.28. The van der Waals surface area contributed by atoms with E-state index in [4.69, 9.17) is 10.8 Å². The van der Waals surface area contributed by atoms with Crippen LogP contribution < -0.4 is 11.1 Å². The van der Waals surface area contributed by atoms with Crippen molar-refractivity contribution in [3.05, 3.63) is 0 Å². The van der Waals surface area contributed by atoms with Crippen molar-refractivity contribution in [3.8, 4) is 0 Å². The molecule has 2 aliphatic carbocycles. The number of aliphatic hydroxyl groups excluding tert-OH is 1. The number of aliphatic hydroxyl groups is 1. The molecule has 0 aliphatic heterocycles. The largest absolute Gasteiger partial charge is 0.396 e. The van der Waals surface area contributed by atoms with E-state index in [1.807, 2.05) is 6.92 Å². The summed E-state index contributed by atoms with van der Waals surface area (Å²) in [5, 5.41) is 11.8. The van der Waals surface area contributed by atoms with Crippen molar-refractivity contribution in [2.24, 2.45) is 23.5 Å². The predicted molar refractivity (Wildman–Crippen MR) is 73.5 cm³/mol. The first-order chi connectivity index (χ1) is 8.13. The van der Waals surface area contributed by atoms with E-state index in [0.29, 0.717) is 11.8 Å². The van der Waals surface area contributed by atoms with Crippen LogP contribution in [0.25, 0.3) is 0 Å². The molecule has 2 aliphatic rings. The van der Waals surface area contributed by atoms with E-state index >= 15 is 0 Å². The van der Waals surface area contributed by atoms with Crippen LogP contribution >= 0.6 is 12.4 Å². The zero-order valence-electron chi connectivity index (χ0n) is 11.0. The Balaban J connectivity index is 0.00000162. The number of carbonyl (C=O) groups is 1. The molecule has 0 spiro atoms. The van der Waals surface area contributed by atoms with Crippen molar-refractivity contribution in [3.63, 3.8) is 0 Å². The van der Waals surface area contributed by atoms with E-state index < -0.39 is 0 Å². The van der Waals surface area contributed by atoms with Gasteiger partial charge in [-0.25, -0.2) is 0 Å². The molecule has 0 aromatic heterocycles. The Bertz CT molecular complexity index is 286. The fourth-order valence-electron chi connectivity index (χ4n) is 3.53. The zero-order chi connectivity index (χ0) is 12.4. The summed E-state index contributed by atoms with van der Waals surface area (Å²) in [5.74, 6) is 1.25. The van der Waals surface area contributed by atoms with Crippen LogP contribution in [0, 0.1) is 17.8 Å². The van der Waals surface area contributed by atoms with Gasteiger partial charge in [0.05, 0.1) is 5.92 Å². The van der Waals surface area contributed by atoms with E-state index in [9.17, 15) is 4.79 Å². The number of fused-ring (bicyclic) bond motifs is 2. The van der Waals surface area contributed by atoms with Crippen molar-refractivity contribution in [2.45, 2.75) is 51.1 Å². The molecule has 18 heavy (non-hydrogen) atoms. The zero-order valence-corrected chi connectivity index (χ0v) is 11.8. The number of nitrogens with two attached hydrogens (primary N) is 1. The maximum Gasteiger partial charge on any atom is 0.225 e. The number of hydrogen-bond donors (Lipinski definition) is 3. The van der Waals surface area contributed by atoms with Crippen LogP contribution in [0.1, 0.15) is 39.0 Å². The molecule has 5 atom stereocenters. The topological polar surface area (TPSA) is 75.3 Å². The summed E-state index contributed by atoms with van der Waals surface area (Å²) in [6.07, 6.45) is 5.09. The van der Waals surface area contributed by atoms with E-state index in [2.05, 4.69) is 5.32 Å². The molecule has 5 heteroatoms. The molecule has 0 saturated heterocycles. The smallest absolute Gasteiger partial charge is 0.225 e. The summed E-state index contributed by atoms with van der Waals surface area (Å²) in [6, 6.07) is 0.208. The maximum absolute atomic E-state index is 12.2. The third kappa shape index (κ3) is 3.16. The monoisotopic (exact) mass is 276 g/mol. The Hall–Kier alpha value is -0.320. The van der Waals surface area contributed by atoms with Crippen LogP contribution in [0.3, 0.4) is 0 Å². The lowest BCUT2D eigenvalue weighted by molar-refractivity contribution is -0.127. The van der Waals surface area contributed by atoms with Crippen LogP contribution in [0.2, 0.25) is 0 Å². The lowest BCUT2D eigenvalue weighted by Crippen LogP contribution is -2.47. The van der Waals surface area contributed by atoms with Gasteiger partial charge in [0.1, 0.15) is 0 Å². The minimum Gasteiger partial charge on any atom is -0.396 e. The molecule has 2 bridgehead atoms. The van der Waals surface area contributed by atoms with E-state index in [0.717, 1.165) is 19.3 Å². The van der Waals surface area contributed by atoms with Crippen LogP contribution in [0.5, 0.6) is 0 Å². The summed E-state index contributed by atoms with van der Waals surface area (Å²) >= 11 is 0. The second-order valence-electron chi connectivity index (χ2n) is 5.71. The van der Waals surface area contributed by atoms with Gasteiger partial charge in [-0.1, -0.05) is 0 Å². The predicted octanol–water partition coefficient (Wildman–Crippen LogP) is 1.06. The summed E-state index contributed by atoms with van der Waals surface area (Å²) in [5.41, 5.74) is 6.14. The van der Waals surface area contributed by atoms with E-state index in [-0.39, 0.29) is 42.9 Å². The molecule has 1 amide bonds. The first-order valence-corrected chi connectivity index (χ1v) is 6.80. The number of rotatable bonds is 5. The number of hydrogen-bond acceptors (Lipinski definition) is 3. The number of carbonyl (C=O) groups excluding carboxylic acids is 1. The summed E-state index contributed by atoms with van der Waals surface area (Å²) in [6.45, 7) is 2.18. The highest BCUT2D eigenvalue weighted by Gasteiger charge is 2.49. The summed E-state index contributed by atoms with van der Waals surface area (Å²) in [4.78, 5) is 12.2. The van der Waals surface area contributed by atoms with Crippen molar-refractivity contribution in [2.75, 3.05) is 6.61 Å². The lowest BCUT2D eigenvalue weighted by atomic mass is 9.84. The minimum absolute atomic E-state index is 0. The van der Waals surface area contributed by atoms with Gasteiger partial charge in [0.25, 0.3) is 0 Å². The third-order valence-corrected chi connectivity index (χ3v) is 4.47. The molecule has 0 heterocycles. The average Bonchev–Trinajstić information content (AvgIpc) is 2.86. The highest BCUT2D eigenvalue weighted by Crippen LogP contribution is 2.47. The second kappa shape index (κ2) is 6.73. The molecular weight excluding hydrogens is 252 g/mol. The SMILES string of the molecule is CC(CCCO)NC(=O)C1C2CCC(C2)C1N.Cl. The van der Waals surface area contributed by atoms with Gasteiger partial charge >= 0.3 is 0 Å². The van der Waals surface area contributed by atoms with Crippen LogP contribution in [0.15, 0.2) is 0 Å². The fraction of sp³-hybridized carbons (Fsp3) is 0.923. The quantitative estimate of drug-likeness (QED) is 0.703. The summed E-state index contributed by atoms with van der Waals surface area (Å²) < 4.78 is 0. The van der Waals surface area contributed by atoms with Gasteiger partial charge in [0, 0.05) is 18.7 Å². The fourth-order valence-corrected chi connectivity index (χ4v) is 3.53. The van der Waals surface area contributed by atoms with Crippen LogP contribution in [0.4, 0.5) is 0 Å². The van der Waals surface area contributed by atoms with Gasteiger partial charge in [0.15, 0.2) is 0 Å². The minimum atomic E-state index is 0. The van der Waals surface area contributed by atoms with Crippen LogP contribution in [-0.2, 0) is 4.79 Å². The molecule has 0 aromatic carbocycles. The van der Waals surface area contributed by atoms with E-state index in [1.165, 1.54) is 12.8 Å². The Morgan fingerprint density at radius 2 is 2.11 bits per heavy atom. The average molecular weight is 277 g/mol. The van der Waals surface area contributed by atoms with Crippen molar-refractivity contribution < 1.29 is 9.90 Å². The highest BCUT2D eigenvalue weighted by molar-refractivity contribution is 5.85. The van der Waals surface area contributed by atoms with Crippen LogP contribution in [-0.4, -0.2) is 29.7 Å². The molecule has 106 valence electrons. The molecule has 0 aromatic rings. The Labute approximate surface area is 115 Å². The van der Waals surface area contributed by atoms with Gasteiger partial charge < -0.3 is 16.2 Å². The standard InChI is InChI=1S/C13H24N2O2.ClH/c1-8(3-2-6-16)15-13(17)11-9-4-5-10(7-9)12(11)14;/h8-12,16H,2-7,14H2,1H3,(H,15,17);1H. The maximum atomic E-state index is 12.2. The first kappa shape index (κ1) is 15.7. The molecule has 2 saturated carbocycles. The normalized spacial score (nSPS) is 35.1. The Morgan fingerprint density at radius 3 is 2.67 bits per heavy atom. The van der Waals surface area contributed by atoms with Gasteiger partial charge in [-0.05, 0) is 50.9 Å². The molecule has 4 nitrogen and oxygen atoms in total. The molecule has 0 radical (unpaired) electrons. The van der Waals surface area contributed by atoms with Gasteiger partial charge in [-0.3, -0.25) is 4.79 Å². The Morgan fingerprint density at radius 1 is 1.44 bits per heavy atom. The van der Waals surface area contributed by atoms with E-state index in [1.54, 1.807) is 0 Å². The van der Waals surface area contributed by atoms with Gasteiger partial charge in [-0.2, -0.15) is 0 Å². The molecule has 2 fully saturated rings. The Kier molecular flexibility index (Phi) is 5.89. The molecule has 5 unspecified atom stereocenters. The van der Waals surface area contributed by atoms with Gasteiger partial charge in [-0.15, -0.1) is 12.4 Å². The highest BCUT2D eigenvalue weighted by atomic mass is 35.5. The molecule has 2 rings (SSSR count). The third-order valence-electron chi connectivity index (χ3n) is 4.47. The second-order valence-corrected chi connectivity index (χ2v) is 5.71. The molecular formula is C13H25ClN2O2. The van der Waals surface area contributed by atoms with Crippen molar-refractivity contribution in [1.29, 1.82) is 0 Å². The van der Waals surface area contributed by atoms with Crippen molar-refractivity contribution in [1.82, 2.24) is 5.32 Å².